The molecule has 6 heterocycles. The number of carbonyl (C=O) groups is 1. The maximum atomic E-state index is 15.3. The average molecular weight is 572 g/mol. The Labute approximate surface area is 227 Å². The highest BCUT2D eigenvalue weighted by atomic mass is 35.5. The largest absolute Gasteiger partial charge is 0.477 e. The number of aromatic nitrogens is 3. The molecular formula is C25H29ClF3N5O5. The van der Waals surface area contributed by atoms with Crippen molar-refractivity contribution in [2.75, 3.05) is 37.9 Å². The van der Waals surface area contributed by atoms with Gasteiger partial charge in [-0.25, -0.2) is 18.0 Å². The molecular weight excluding hydrogens is 543 g/mol. The predicted molar refractivity (Wildman–Crippen MR) is 133 cm³/mol. The van der Waals surface area contributed by atoms with Crippen LogP contribution in [0.5, 0.6) is 11.9 Å². The van der Waals surface area contributed by atoms with E-state index in [-0.39, 0.29) is 66.8 Å². The minimum Gasteiger partial charge on any atom is -0.477 e. The Balaban J connectivity index is 1.41. The molecule has 212 valence electrons. The smallest absolute Gasteiger partial charge is 0.410 e. The van der Waals surface area contributed by atoms with Crippen LogP contribution in [0.2, 0.25) is 5.15 Å². The van der Waals surface area contributed by atoms with E-state index in [1.165, 1.54) is 0 Å². The van der Waals surface area contributed by atoms with Crippen LogP contribution in [-0.4, -0.2) is 89.1 Å². The third-order valence-electron chi connectivity index (χ3n) is 7.73. The van der Waals surface area contributed by atoms with Gasteiger partial charge in [0.15, 0.2) is 11.0 Å². The summed E-state index contributed by atoms with van der Waals surface area (Å²) in [6, 6.07) is -0.865. The molecule has 1 amide bonds. The summed E-state index contributed by atoms with van der Waals surface area (Å²) < 4.78 is 64.9. The van der Waals surface area contributed by atoms with Crippen molar-refractivity contribution in [2.24, 2.45) is 5.41 Å². The minimum absolute atomic E-state index is 0.0785. The number of hydrogen-bond acceptors (Lipinski definition) is 9. The molecule has 0 saturated carbocycles. The second-order valence-electron chi connectivity index (χ2n) is 11.6. The number of nitrogens with zero attached hydrogens (tertiary/aromatic N) is 5. The Morgan fingerprint density at radius 1 is 1.18 bits per heavy atom. The van der Waals surface area contributed by atoms with Crippen molar-refractivity contribution < 1.29 is 36.9 Å². The number of carbonyl (C=O) groups excluding carboxylic acids is 1. The minimum atomic E-state index is -2.67. The van der Waals surface area contributed by atoms with E-state index in [0.717, 1.165) is 12.8 Å². The quantitative estimate of drug-likeness (QED) is 0.500. The van der Waals surface area contributed by atoms with Crippen molar-refractivity contribution in [3.05, 3.63) is 11.0 Å². The summed E-state index contributed by atoms with van der Waals surface area (Å²) in [6.45, 7) is 5.38. The number of ether oxygens (including phenoxy) is 4. The zero-order valence-electron chi connectivity index (χ0n) is 21.8. The Bertz CT molecular complexity index is 1310. The predicted octanol–water partition coefficient (Wildman–Crippen LogP) is 4.22. The molecule has 0 N–H and O–H groups in total. The number of piperazine rings is 1. The fraction of sp³-hybridized carbons (Fsp3) is 0.680. The highest BCUT2D eigenvalue weighted by Gasteiger charge is 2.51. The molecule has 4 aliphatic heterocycles. The van der Waals surface area contributed by atoms with Gasteiger partial charge in [-0.05, 0) is 33.6 Å². The van der Waals surface area contributed by atoms with Gasteiger partial charge in [0.05, 0.1) is 37.9 Å². The van der Waals surface area contributed by atoms with Crippen LogP contribution in [0, 0.1) is 11.2 Å². The summed E-state index contributed by atoms with van der Waals surface area (Å²) in [5.41, 5.74) is -2.30. The third-order valence-corrected chi connectivity index (χ3v) is 7.98. The van der Waals surface area contributed by atoms with Gasteiger partial charge in [0.25, 0.3) is 6.43 Å². The second kappa shape index (κ2) is 9.39. The molecule has 3 atom stereocenters. The molecule has 2 bridgehead atoms. The van der Waals surface area contributed by atoms with E-state index in [4.69, 9.17) is 30.5 Å². The number of anilines is 1. The van der Waals surface area contributed by atoms with E-state index < -0.39 is 35.0 Å². The summed E-state index contributed by atoms with van der Waals surface area (Å²) >= 11 is 6.06. The van der Waals surface area contributed by atoms with E-state index >= 15 is 4.39 Å². The number of alkyl halides is 2. The summed E-state index contributed by atoms with van der Waals surface area (Å²) in [5, 5.41) is -0.217. The zero-order chi connectivity index (χ0) is 27.7. The van der Waals surface area contributed by atoms with E-state index in [0.29, 0.717) is 18.8 Å². The van der Waals surface area contributed by atoms with Crippen LogP contribution in [0.4, 0.5) is 23.8 Å². The molecule has 0 unspecified atom stereocenters. The van der Waals surface area contributed by atoms with Crippen LogP contribution in [0.15, 0.2) is 0 Å². The van der Waals surface area contributed by atoms with Crippen molar-refractivity contribution in [3.63, 3.8) is 0 Å². The lowest BCUT2D eigenvalue weighted by Gasteiger charge is -2.48. The molecule has 0 spiro atoms. The number of rotatable bonds is 4. The Morgan fingerprint density at radius 3 is 2.62 bits per heavy atom. The van der Waals surface area contributed by atoms with Crippen molar-refractivity contribution in [1.82, 2.24) is 19.9 Å². The Kier molecular flexibility index (Phi) is 6.37. The topological polar surface area (TPSA) is 99.1 Å². The summed E-state index contributed by atoms with van der Waals surface area (Å²) in [4.78, 5) is 29.8. The fourth-order valence-electron chi connectivity index (χ4n) is 5.80. The fourth-order valence-corrected chi connectivity index (χ4v) is 5.97. The number of hydrogen-bond donors (Lipinski definition) is 0. The van der Waals surface area contributed by atoms with Gasteiger partial charge < -0.3 is 23.8 Å². The molecule has 0 aromatic carbocycles. The lowest BCUT2D eigenvalue weighted by Crippen LogP contribution is -2.62. The highest BCUT2D eigenvalue weighted by Crippen LogP contribution is 2.45. The summed E-state index contributed by atoms with van der Waals surface area (Å²) in [7, 11) is 0. The first-order valence-corrected chi connectivity index (χ1v) is 13.3. The molecule has 4 aliphatic rings. The van der Waals surface area contributed by atoms with Gasteiger partial charge in [0.1, 0.15) is 34.3 Å². The van der Waals surface area contributed by atoms with Crippen molar-refractivity contribution in [3.8, 4) is 11.9 Å². The maximum absolute atomic E-state index is 15.3. The lowest BCUT2D eigenvalue weighted by atomic mass is 9.88. The molecule has 0 aliphatic carbocycles. The molecule has 3 fully saturated rings. The van der Waals surface area contributed by atoms with Gasteiger partial charge in [-0.15, -0.1) is 0 Å². The van der Waals surface area contributed by atoms with E-state index in [1.807, 2.05) is 25.7 Å². The first-order valence-electron chi connectivity index (χ1n) is 12.9. The van der Waals surface area contributed by atoms with Crippen molar-refractivity contribution in [1.29, 1.82) is 0 Å². The van der Waals surface area contributed by atoms with Gasteiger partial charge in [-0.3, -0.25) is 4.90 Å². The molecule has 39 heavy (non-hydrogen) atoms. The standard InChI is InChI=1S/C25H29ClF3N5O5/c1-24(2,3)39-23(35)34-12-4-5-14(34)13-6-7-37-20-15-17(16(27)18(26)31-20)30-22(32-19(15)33(13)8-12)38-11-25(21(28)29)9-36-10-25/h12-14,21H,4-11H2,1-3H3/t12-,13-,14+/m1/s1. The van der Waals surface area contributed by atoms with Crippen LogP contribution < -0.4 is 14.4 Å². The highest BCUT2D eigenvalue weighted by molar-refractivity contribution is 6.30. The van der Waals surface area contributed by atoms with Gasteiger partial charge in [-0.1, -0.05) is 11.6 Å². The summed E-state index contributed by atoms with van der Waals surface area (Å²) in [5.74, 6) is -0.514. The zero-order valence-corrected chi connectivity index (χ0v) is 22.5. The van der Waals surface area contributed by atoms with Crippen LogP contribution in [0.25, 0.3) is 10.9 Å². The Hall–Kier alpha value is -2.80. The Morgan fingerprint density at radius 2 is 1.95 bits per heavy atom. The number of halogens is 4. The lowest BCUT2D eigenvalue weighted by molar-refractivity contribution is -0.199. The van der Waals surface area contributed by atoms with E-state index in [2.05, 4.69) is 15.0 Å². The normalized spacial score (nSPS) is 25.5. The number of pyridine rings is 1. The molecule has 10 nitrogen and oxygen atoms in total. The van der Waals surface area contributed by atoms with Crippen molar-refractivity contribution in [2.45, 2.75) is 70.2 Å². The van der Waals surface area contributed by atoms with Gasteiger partial charge in [0, 0.05) is 13.0 Å². The number of amides is 1. The summed E-state index contributed by atoms with van der Waals surface area (Å²) in [6.07, 6.45) is -1.03. The molecule has 14 heteroatoms. The SMILES string of the molecule is CC(C)(C)OC(=O)N1[C@@H]2CC[C@H]1[C@H]1CCOc3nc(Cl)c(F)c4nc(OCC5(C(F)F)COC5)nc(c34)N1C2. The third kappa shape index (κ3) is 4.47. The monoisotopic (exact) mass is 571 g/mol. The van der Waals surface area contributed by atoms with Crippen LogP contribution in [0.1, 0.15) is 40.0 Å². The van der Waals surface area contributed by atoms with E-state index in [9.17, 15) is 13.6 Å². The number of fused-ring (bicyclic) bond motifs is 5. The van der Waals surface area contributed by atoms with Crippen LogP contribution in [-0.2, 0) is 9.47 Å². The first-order chi connectivity index (χ1) is 18.5. The van der Waals surface area contributed by atoms with Crippen LogP contribution in [0.3, 0.4) is 0 Å². The molecule has 3 saturated heterocycles. The average Bonchev–Trinajstić information content (AvgIpc) is 3.15. The molecule has 6 rings (SSSR count). The van der Waals surface area contributed by atoms with Crippen molar-refractivity contribution >= 4 is 34.4 Å². The van der Waals surface area contributed by atoms with Gasteiger partial charge >= 0.3 is 12.1 Å². The maximum Gasteiger partial charge on any atom is 0.410 e. The molecule has 2 aromatic heterocycles. The van der Waals surface area contributed by atoms with Gasteiger partial charge in [0.2, 0.25) is 5.88 Å². The van der Waals surface area contributed by atoms with E-state index in [1.54, 1.807) is 4.90 Å². The molecule has 2 aromatic rings. The second-order valence-corrected chi connectivity index (χ2v) is 11.9. The van der Waals surface area contributed by atoms with Crippen LogP contribution >= 0.6 is 11.6 Å². The van der Waals surface area contributed by atoms with Gasteiger partial charge in [-0.2, -0.15) is 15.0 Å². The molecule has 0 radical (unpaired) electrons. The first kappa shape index (κ1) is 26.4.